The van der Waals surface area contributed by atoms with Gasteiger partial charge < -0.3 is 4.74 Å². The van der Waals surface area contributed by atoms with Gasteiger partial charge in [-0.25, -0.2) is 4.79 Å². The molecule has 0 unspecified atom stereocenters. The quantitative estimate of drug-likeness (QED) is 0.596. The van der Waals surface area contributed by atoms with Crippen molar-refractivity contribution in [1.82, 2.24) is 0 Å². The zero-order valence-corrected chi connectivity index (χ0v) is 10.4. The lowest BCUT2D eigenvalue weighted by Crippen LogP contribution is -1.96. The molecule has 0 saturated carbocycles. The molecule has 0 aliphatic rings. The van der Waals surface area contributed by atoms with E-state index in [1.54, 1.807) is 0 Å². The number of thiophene rings is 1. The van der Waals surface area contributed by atoms with E-state index < -0.39 is 0 Å². The number of benzene rings is 1. The highest BCUT2D eigenvalue weighted by molar-refractivity contribution is 14.1. The lowest BCUT2D eigenvalue weighted by atomic mass is 10.2. The van der Waals surface area contributed by atoms with Gasteiger partial charge in [0.25, 0.3) is 0 Å². The Kier molecular flexibility index (Phi) is 2.73. The SMILES string of the molecule is COC(=O)c1cc2ccc(I)cc2s1. The third-order valence-corrected chi connectivity index (χ3v) is 3.62. The number of esters is 1. The Morgan fingerprint density at radius 2 is 2.21 bits per heavy atom. The monoisotopic (exact) mass is 318 g/mol. The van der Waals surface area contributed by atoms with Crippen LogP contribution >= 0.6 is 33.9 Å². The van der Waals surface area contributed by atoms with Crippen LogP contribution in [0.3, 0.4) is 0 Å². The molecule has 0 spiro atoms. The van der Waals surface area contributed by atoms with Crippen molar-refractivity contribution >= 4 is 50.0 Å². The minimum absolute atomic E-state index is 0.263. The van der Waals surface area contributed by atoms with Crippen molar-refractivity contribution in [3.05, 3.63) is 32.7 Å². The molecule has 0 amide bonds. The number of carbonyl (C=O) groups is 1. The van der Waals surface area contributed by atoms with E-state index >= 15 is 0 Å². The first-order valence-electron chi connectivity index (χ1n) is 3.98. The third-order valence-electron chi connectivity index (χ3n) is 1.87. The predicted molar refractivity (Wildman–Crippen MR) is 65.9 cm³/mol. The van der Waals surface area contributed by atoms with Crippen LogP contribution in [0.4, 0.5) is 0 Å². The van der Waals surface area contributed by atoms with E-state index in [1.165, 1.54) is 22.0 Å². The van der Waals surface area contributed by atoms with E-state index in [4.69, 9.17) is 0 Å². The van der Waals surface area contributed by atoms with Gasteiger partial charge in [-0.3, -0.25) is 0 Å². The van der Waals surface area contributed by atoms with Crippen LogP contribution in [0.2, 0.25) is 0 Å². The summed E-state index contributed by atoms with van der Waals surface area (Å²) in [6, 6.07) is 7.96. The molecule has 0 N–H and O–H groups in total. The molecule has 4 heteroatoms. The molecule has 72 valence electrons. The number of halogens is 1. The zero-order valence-electron chi connectivity index (χ0n) is 7.41. The van der Waals surface area contributed by atoms with Gasteiger partial charge in [0, 0.05) is 8.27 Å². The van der Waals surface area contributed by atoms with Gasteiger partial charge in [0.1, 0.15) is 4.88 Å². The van der Waals surface area contributed by atoms with E-state index in [1.807, 2.05) is 18.2 Å². The lowest BCUT2D eigenvalue weighted by molar-refractivity contribution is 0.0606. The zero-order chi connectivity index (χ0) is 10.1. The second kappa shape index (κ2) is 3.86. The summed E-state index contributed by atoms with van der Waals surface area (Å²) in [6.07, 6.45) is 0. The fourth-order valence-corrected chi connectivity index (χ4v) is 2.93. The van der Waals surface area contributed by atoms with Crippen LogP contribution in [0.25, 0.3) is 10.1 Å². The van der Waals surface area contributed by atoms with Crippen molar-refractivity contribution in [2.24, 2.45) is 0 Å². The Hall–Kier alpha value is -0.620. The molecule has 1 aromatic carbocycles. The Bertz CT molecular complexity index is 490. The fraction of sp³-hybridized carbons (Fsp3) is 0.100. The summed E-state index contributed by atoms with van der Waals surface area (Å²) in [4.78, 5) is 11.9. The smallest absolute Gasteiger partial charge is 0.348 e. The molecule has 0 aliphatic carbocycles. The van der Waals surface area contributed by atoms with Crippen LogP contribution in [0.1, 0.15) is 9.67 Å². The maximum absolute atomic E-state index is 11.3. The molecule has 2 nitrogen and oxygen atoms in total. The number of rotatable bonds is 1. The van der Waals surface area contributed by atoms with E-state index in [9.17, 15) is 4.79 Å². The van der Waals surface area contributed by atoms with E-state index in [0.717, 1.165) is 10.1 Å². The Balaban J connectivity index is 2.56. The van der Waals surface area contributed by atoms with E-state index in [-0.39, 0.29) is 5.97 Å². The van der Waals surface area contributed by atoms with Crippen LogP contribution in [0.15, 0.2) is 24.3 Å². The minimum atomic E-state index is -0.263. The molecular weight excluding hydrogens is 311 g/mol. The van der Waals surface area contributed by atoms with Crippen LogP contribution in [-0.4, -0.2) is 13.1 Å². The van der Waals surface area contributed by atoms with E-state index in [0.29, 0.717) is 4.88 Å². The summed E-state index contributed by atoms with van der Waals surface area (Å²) in [5.74, 6) is -0.263. The third kappa shape index (κ3) is 1.76. The van der Waals surface area contributed by atoms with Crippen LogP contribution < -0.4 is 0 Å². The first-order valence-corrected chi connectivity index (χ1v) is 5.87. The molecular formula is C10H7IO2S. The van der Waals surface area contributed by atoms with Crippen molar-refractivity contribution in [3.8, 4) is 0 Å². The first-order chi connectivity index (χ1) is 6.70. The van der Waals surface area contributed by atoms with Crippen molar-refractivity contribution in [2.45, 2.75) is 0 Å². The van der Waals surface area contributed by atoms with Gasteiger partial charge in [0.2, 0.25) is 0 Å². The summed E-state index contributed by atoms with van der Waals surface area (Å²) in [7, 11) is 1.40. The Morgan fingerprint density at radius 1 is 1.43 bits per heavy atom. The van der Waals surface area contributed by atoms with Gasteiger partial charge in [-0.2, -0.15) is 0 Å². The number of ether oxygens (including phenoxy) is 1. The largest absolute Gasteiger partial charge is 0.465 e. The number of hydrogen-bond acceptors (Lipinski definition) is 3. The number of carbonyl (C=O) groups excluding carboxylic acids is 1. The second-order valence-electron chi connectivity index (χ2n) is 2.78. The van der Waals surface area contributed by atoms with Crippen molar-refractivity contribution in [3.63, 3.8) is 0 Å². The van der Waals surface area contributed by atoms with Crippen LogP contribution in [0, 0.1) is 3.57 Å². The summed E-state index contributed by atoms with van der Waals surface area (Å²) in [5, 5.41) is 1.09. The molecule has 0 fully saturated rings. The first kappa shape index (κ1) is 9.92. The van der Waals surface area contributed by atoms with Crippen molar-refractivity contribution < 1.29 is 9.53 Å². The van der Waals surface area contributed by atoms with Crippen LogP contribution in [-0.2, 0) is 4.74 Å². The molecule has 14 heavy (non-hydrogen) atoms. The molecule has 0 radical (unpaired) electrons. The fourth-order valence-electron chi connectivity index (χ4n) is 1.21. The van der Waals surface area contributed by atoms with Gasteiger partial charge in [-0.15, -0.1) is 11.3 Å². The van der Waals surface area contributed by atoms with Gasteiger partial charge in [0.15, 0.2) is 0 Å². The maximum Gasteiger partial charge on any atom is 0.348 e. The molecule has 0 bridgehead atoms. The summed E-state index contributed by atoms with van der Waals surface area (Å²) >= 11 is 3.72. The summed E-state index contributed by atoms with van der Waals surface area (Å²) < 4.78 is 6.96. The normalized spacial score (nSPS) is 10.4. The second-order valence-corrected chi connectivity index (χ2v) is 5.11. The van der Waals surface area contributed by atoms with Gasteiger partial charge in [-0.1, -0.05) is 6.07 Å². The van der Waals surface area contributed by atoms with Crippen LogP contribution in [0.5, 0.6) is 0 Å². The van der Waals surface area contributed by atoms with Gasteiger partial charge in [-0.05, 0) is 46.2 Å². The maximum atomic E-state index is 11.3. The van der Waals surface area contributed by atoms with Crippen molar-refractivity contribution in [2.75, 3.05) is 7.11 Å². The number of fused-ring (bicyclic) bond motifs is 1. The van der Waals surface area contributed by atoms with Gasteiger partial charge in [0.05, 0.1) is 7.11 Å². The molecule has 0 saturated heterocycles. The number of hydrogen-bond donors (Lipinski definition) is 0. The minimum Gasteiger partial charge on any atom is -0.465 e. The summed E-state index contributed by atoms with van der Waals surface area (Å²) in [6.45, 7) is 0. The predicted octanol–water partition coefficient (Wildman–Crippen LogP) is 3.29. The molecule has 0 atom stereocenters. The standard InChI is InChI=1S/C10H7IO2S/c1-13-10(12)9-4-6-2-3-7(11)5-8(6)14-9/h2-5H,1H3. The lowest BCUT2D eigenvalue weighted by Gasteiger charge is -1.90. The highest BCUT2D eigenvalue weighted by Crippen LogP contribution is 2.27. The average Bonchev–Trinajstić information content (AvgIpc) is 2.59. The summed E-state index contributed by atoms with van der Waals surface area (Å²) in [5.41, 5.74) is 0. The molecule has 2 rings (SSSR count). The molecule has 1 heterocycles. The highest BCUT2D eigenvalue weighted by atomic mass is 127. The van der Waals surface area contributed by atoms with E-state index in [2.05, 4.69) is 33.4 Å². The number of methoxy groups -OCH3 is 1. The average molecular weight is 318 g/mol. The Labute approximate surface area is 99.0 Å². The topological polar surface area (TPSA) is 26.3 Å². The molecule has 1 aromatic heterocycles. The van der Waals surface area contributed by atoms with Crippen molar-refractivity contribution in [1.29, 1.82) is 0 Å². The Morgan fingerprint density at radius 3 is 2.93 bits per heavy atom. The molecule has 2 aromatic rings. The highest BCUT2D eigenvalue weighted by Gasteiger charge is 2.09. The molecule has 0 aliphatic heterocycles. The van der Waals surface area contributed by atoms with Gasteiger partial charge >= 0.3 is 5.97 Å².